The Morgan fingerprint density at radius 1 is 1.26 bits per heavy atom. The standard InChI is InChI=1S/C14H20N4O/c1-3-15-9-13-11-19-14(17-13)18(4-2)10-12-5-7-16-8-6-12/h5-8,11,15H,3-4,9-10H2,1-2H3. The van der Waals surface area contributed by atoms with Gasteiger partial charge in [-0.05, 0) is 31.2 Å². The minimum atomic E-state index is 0.673. The van der Waals surface area contributed by atoms with Crippen LogP contribution in [-0.4, -0.2) is 23.1 Å². The minimum absolute atomic E-state index is 0.673. The van der Waals surface area contributed by atoms with Gasteiger partial charge in [-0.1, -0.05) is 6.92 Å². The molecule has 2 aromatic rings. The SMILES string of the molecule is CCNCc1coc(N(CC)Cc2ccncc2)n1. The van der Waals surface area contributed by atoms with E-state index >= 15 is 0 Å². The van der Waals surface area contributed by atoms with Crippen LogP contribution in [-0.2, 0) is 13.1 Å². The topological polar surface area (TPSA) is 54.2 Å². The van der Waals surface area contributed by atoms with Gasteiger partial charge < -0.3 is 14.6 Å². The first-order valence-electron chi connectivity index (χ1n) is 6.62. The molecule has 2 aromatic heterocycles. The zero-order valence-electron chi connectivity index (χ0n) is 11.5. The van der Waals surface area contributed by atoms with Gasteiger partial charge in [-0.15, -0.1) is 0 Å². The van der Waals surface area contributed by atoms with E-state index in [-0.39, 0.29) is 0 Å². The molecule has 0 saturated heterocycles. The lowest BCUT2D eigenvalue weighted by atomic mass is 10.2. The summed E-state index contributed by atoms with van der Waals surface area (Å²) >= 11 is 0. The Bertz CT molecular complexity index is 483. The number of aromatic nitrogens is 2. The minimum Gasteiger partial charge on any atom is -0.432 e. The highest BCUT2D eigenvalue weighted by Crippen LogP contribution is 2.16. The third kappa shape index (κ3) is 3.79. The molecule has 0 bridgehead atoms. The second kappa shape index (κ2) is 6.89. The average Bonchev–Trinajstić information content (AvgIpc) is 2.92. The summed E-state index contributed by atoms with van der Waals surface area (Å²) in [7, 11) is 0. The van der Waals surface area contributed by atoms with Crippen molar-refractivity contribution in [3.8, 4) is 0 Å². The van der Waals surface area contributed by atoms with Crippen molar-refractivity contribution in [3.05, 3.63) is 42.0 Å². The maximum atomic E-state index is 5.55. The molecule has 0 aromatic carbocycles. The summed E-state index contributed by atoms with van der Waals surface area (Å²) in [4.78, 5) is 10.6. The summed E-state index contributed by atoms with van der Waals surface area (Å²) in [5.74, 6) is 0. The molecule has 0 saturated carbocycles. The monoisotopic (exact) mass is 260 g/mol. The maximum Gasteiger partial charge on any atom is 0.297 e. The molecule has 0 aliphatic rings. The van der Waals surface area contributed by atoms with Crippen molar-refractivity contribution < 1.29 is 4.42 Å². The van der Waals surface area contributed by atoms with Crippen molar-refractivity contribution in [2.45, 2.75) is 26.9 Å². The Hall–Kier alpha value is -1.88. The molecule has 0 atom stereocenters. The van der Waals surface area contributed by atoms with Gasteiger partial charge in [-0.3, -0.25) is 4.98 Å². The van der Waals surface area contributed by atoms with Crippen LogP contribution in [0.4, 0.5) is 6.01 Å². The van der Waals surface area contributed by atoms with Crippen molar-refractivity contribution in [1.82, 2.24) is 15.3 Å². The fourth-order valence-corrected chi connectivity index (χ4v) is 1.80. The highest BCUT2D eigenvalue weighted by Gasteiger charge is 2.11. The summed E-state index contributed by atoms with van der Waals surface area (Å²) in [5.41, 5.74) is 2.13. The van der Waals surface area contributed by atoms with E-state index in [1.807, 2.05) is 12.1 Å². The number of hydrogen-bond acceptors (Lipinski definition) is 5. The van der Waals surface area contributed by atoms with E-state index in [4.69, 9.17) is 4.42 Å². The largest absolute Gasteiger partial charge is 0.432 e. The Morgan fingerprint density at radius 3 is 2.74 bits per heavy atom. The molecule has 0 unspecified atom stereocenters. The molecule has 0 fully saturated rings. The predicted octanol–water partition coefficient (Wildman–Crippen LogP) is 2.21. The van der Waals surface area contributed by atoms with E-state index in [1.54, 1.807) is 18.7 Å². The lowest BCUT2D eigenvalue weighted by Crippen LogP contribution is -2.22. The summed E-state index contributed by atoms with van der Waals surface area (Å²) in [5, 5.41) is 3.24. The number of hydrogen-bond donors (Lipinski definition) is 1. The molecule has 0 aliphatic heterocycles. The van der Waals surface area contributed by atoms with Crippen LogP contribution < -0.4 is 10.2 Å². The Balaban J connectivity index is 2.03. The number of rotatable bonds is 7. The molecule has 5 nitrogen and oxygen atoms in total. The smallest absolute Gasteiger partial charge is 0.297 e. The molecule has 1 N–H and O–H groups in total. The van der Waals surface area contributed by atoms with Crippen LogP contribution in [0.25, 0.3) is 0 Å². The van der Waals surface area contributed by atoms with Crippen LogP contribution in [0.5, 0.6) is 0 Å². The van der Waals surface area contributed by atoms with Crippen LogP contribution in [0.3, 0.4) is 0 Å². The zero-order chi connectivity index (χ0) is 13.5. The van der Waals surface area contributed by atoms with Crippen LogP contribution in [0.15, 0.2) is 35.2 Å². The summed E-state index contributed by atoms with van der Waals surface area (Å²) in [6.07, 6.45) is 5.32. The highest BCUT2D eigenvalue weighted by atomic mass is 16.4. The lowest BCUT2D eigenvalue weighted by molar-refractivity contribution is 0.533. The van der Waals surface area contributed by atoms with E-state index in [9.17, 15) is 0 Å². The van der Waals surface area contributed by atoms with Gasteiger partial charge in [0, 0.05) is 32.0 Å². The summed E-state index contributed by atoms with van der Waals surface area (Å²) in [6, 6.07) is 4.68. The number of nitrogens with one attached hydrogen (secondary N) is 1. The van der Waals surface area contributed by atoms with Crippen LogP contribution in [0.1, 0.15) is 25.1 Å². The normalized spacial score (nSPS) is 10.6. The van der Waals surface area contributed by atoms with Gasteiger partial charge >= 0.3 is 0 Å². The van der Waals surface area contributed by atoms with E-state index in [0.29, 0.717) is 6.01 Å². The quantitative estimate of drug-likeness (QED) is 0.827. The molecule has 19 heavy (non-hydrogen) atoms. The number of oxazole rings is 1. The Labute approximate surface area is 113 Å². The van der Waals surface area contributed by atoms with E-state index < -0.39 is 0 Å². The second-order valence-corrected chi connectivity index (χ2v) is 4.27. The molecule has 2 heterocycles. The molecular weight excluding hydrogens is 240 g/mol. The first kappa shape index (κ1) is 13.5. The van der Waals surface area contributed by atoms with Crippen molar-refractivity contribution in [3.63, 3.8) is 0 Å². The molecule has 0 radical (unpaired) electrons. The van der Waals surface area contributed by atoms with Gasteiger partial charge in [-0.2, -0.15) is 4.98 Å². The van der Waals surface area contributed by atoms with Gasteiger partial charge in [0.1, 0.15) is 6.26 Å². The summed E-state index contributed by atoms with van der Waals surface area (Å²) in [6.45, 7) is 7.46. The van der Waals surface area contributed by atoms with E-state index in [2.05, 4.69) is 34.0 Å². The molecule has 0 amide bonds. The fourth-order valence-electron chi connectivity index (χ4n) is 1.80. The number of pyridine rings is 1. The van der Waals surface area contributed by atoms with E-state index in [1.165, 1.54) is 5.56 Å². The van der Waals surface area contributed by atoms with Crippen molar-refractivity contribution in [2.75, 3.05) is 18.0 Å². The molecule has 0 aliphatic carbocycles. The lowest BCUT2D eigenvalue weighted by Gasteiger charge is -2.18. The molecule has 102 valence electrons. The number of anilines is 1. The van der Waals surface area contributed by atoms with Crippen molar-refractivity contribution in [1.29, 1.82) is 0 Å². The predicted molar refractivity (Wildman–Crippen MR) is 74.8 cm³/mol. The summed E-state index contributed by atoms with van der Waals surface area (Å²) < 4.78 is 5.55. The fraction of sp³-hybridized carbons (Fsp3) is 0.429. The molecular formula is C14H20N4O. The maximum absolute atomic E-state index is 5.55. The zero-order valence-corrected chi connectivity index (χ0v) is 11.5. The Kier molecular flexibility index (Phi) is 4.92. The second-order valence-electron chi connectivity index (χ2n) is 4.27. The first-order chi connectivity index (χ1) is 9.33. The first-order valence-corrected chi connectivity index (χ1v) is 6.62. The van der Waals surface area contributed by atoms with Gasteiger partial charge in [-0.25, -0.2) is 0 Å². The van der Waals surface area contributed by atoms with Crippen LogP contribution in [0, 0.1) is 0 Å². The van der Waals surface area contributed by atoms with Gasteiger partial charge in [0.25, 0.3) is 6.01 Å². The Morgan fingerprint density at radius 2 is 2.05 bits per heavy atom. The average molecular weight is 260 g/mol. The number of nitrogens with zero attached hydrogens (tertiary/aromatic N) is 3. The van der Waals surface area contributed by atoms with Gasteiger partial charge in [0.2, 0.25) is 0 Å². The van der Waals surface area contributed by atoms with Crippen LogP contribution in [0.2, 0.25) is 0 Å². The van der Waals surface area contributed by atoms with Gasteiger partial charge in [0.15, 0.2) is 0 Å². The van der Waals surface area contributed by atoms with Gasteiger partial charge in [0.05, 0.1) is 5.69 Å². The molecule has 0 spiro atoms. The third-order valence-corrected chi connectivity index (χ3v) is 2.87. The third-order valence-electron chi connectivity index (χ3n) is 2.87. The van der Waals surface area contributed by atoms with E-state index in [0.717, 1.165) is 31.9 Å². The molecule has 5 heteroatoms. The highest BCUT2D eigenvalue weighted by molar-refractivity contribution is 5.29. The van der Waals surface area contributed by atoms with Crippen molar-refractivity contribution >= 4 is 6.01 Å². The van der Waals surface area contributed by atoms with Crippen LogP contribution >= 0.6 is 0 Å². The van der Waals surface area contributed by atoms with Crippen molar-refractivity contribution in [2.24, 2.45) is 0 Å². The molecule has 2 rings (SSSR count).